The molecule has 2 aromatic rings. The maximum absolute atomic E-state index is 11.9. The first-order valence-electron chi connectivity index (χ1n) is 5.61. The maximum atomic E-state index is 11.9. The van der Waals surface area contributed by atoms with Crippen LogP contribution >= 0.6 is 11.6 Å². The minimum Gasteiger partial charge on any atom is -0.463 e. The molecule has 0 saturated heterocycles. The minimum absolute atomic E-state index is 0.0304. The fourth-order valence-electron chi connectivity index (χ4n) is 1.60. The third-order valence-electron chi connectivity index (χ3n) is 2.65. The van der Waals surface area contributed by atoms with E-state index in [4.69, 9.17) is 16.0 Å². The van der Waals surface area contributed by atoms with Crippen LogP contribution in [0.5, 0.6) is 0 Å². The van der Waals surface area contributed by atoms with Crippen LogP contribution in [0.25, 0.3) is 11.0 Å². The Morgan fingerprint density at radius 1 is 1.47 bits per heavy atom. The first kappa shape index (κ1) is 12.0. The highest BCUT2D eigenvalue weighted by atomic mass is 35.5. The maximum Gasteiger partial charge on any atom is 0.255 e. The fraction of sp³-hybridized carbons (Fsp3) is 0.308. The Balaban J connectivity index is 2.14. The van der Waals surface area contributed by atoms with E-state index in [0.717, 1.165) is 17.4 Å². The van der Waals surface area contributed by atoms with Gasteiger partial charge in [-0.15, -0.1) is 11.6 Å². The molecule has 0 bridgehead atoms. The van der Waals surface area contributed by atoms with Gasteiger partial charge in [0.05, 0.1) is 10.9 Å². The molecule has 0 fully saturated rings. The monoisotopic (exact) mass is 251 g/mol. The normalized spacial score (nSPS) is 12.6. The number of halogens is 1. The van der Waals surface area contributed by atoms with Crippen molar-refractivity contribution in [2.24, 2.45) is 0 Å². The number of carbonyl (C=O) groups excluding carboxylic acids is 1. The molecular formula is C13H14ClNO2. The molecule has 1 N–H and O–H groups in total. The summed E-state index contributed by atoms with van der Waals surface area (Å²) in [5.74, 6) is -0.144. The summed E-state index contributed by atoms with van der Waals surface area (Å²) in [6.45, 7) is 2.45. The van der Waals surface area contributed by atoms with Crippen LogP contribution in [0.4, 0.5) is 0 Å². The molecule has 2 rings (SSSR count). The molecule has 0 radical (unpaired) electrons. The largest absolute Gasteiger partial charge is 0.463 e. The number of fused-ring (bicyclic) bond motifs is 1. The Kier molecular flexibility index (Phi) is 3.69. The van der Waals surface area contributed by atoms with Gasteiger partial charge in [0.25, 0.3) is 5.91 Å². The SMILES string of the molecule is CCC(Cl)CNC(=O)c1coc2ccccc12. The topological polar surface area (TPSA) is 42.2 Å². The number of para-hydroxylation sites is 1. The van der Waals surface area contributed by atoms with Gasteiger partial charge in [0.2, 0.25) is 0 Å². The molecule has 0 aliphatic rings. The second kappa shape index (κ2) is 5.23. The van der Waals surface area contributed by atoms with Crippen LogP contribution in [0, 0.1) is 0 Å². The summed E-state index contributed by atoms with van der Waals surface area (Å²) in [7, 11) is 0. The van der Waals surface area contributed by atoms with Crippen molar-refractivity contribution in [2.45, 2.75) is 18.7 Å². The third kappa shape index (κ3) is 2.61. The Morgan fingerprint density at radius 3 is 3.00 bits per heavy atom. The highest BCUT2D eigenvalue weighted by Gasteiger charge is 2.13. The highest BCUT2D eigenvalue weighted by Crippen LogP contribution is 2.20. The zero-order valence-corrected chi connectivity index (χ0v) is 10.3. The molecule has 0 spiro atoms. The van der Waals surface area contributed by atoms with Gasteiger partial charge in [0.15, 0.2) is 0 Å². The van der Waals surface area contributed by atoms with Gasteiger partial charge in [-0.25, -0.2) is 0 Å². The molecule has 1 heterocycles. The average molecular weight is 252 g/mol. The standard InChI is InChI=1S/C13H14ClNO2/c1-2-9(14)7-15-13(16)11-8-17-12-6-4-3-5-10(11)12/h3-6,8-9H,2,7H2,1H3,(H,15,16). The molecule has 3 nitrogen and oxygen atoms in total. The first-order valence-corrected chi connectivity index (χ1v) is 6.04. The molecule has 90 valence electrons. The van der Waals surface area contributed by atoms with Crippen LogP contribution in [0.1, 0.15) is 23.7 Å². The molecule has 17 heavy (non-hydrogen) atoms. The third-order valence-corrected chi connectivity index (χ3v) is 3.12. The number of rotatable bonds is 4. The van der Waals surface area contributed by atoms with Gasteiger partial charge < -0.3 is 9.73 Å². The van der Waals surface area contributed by atoms with Crippen LogP contribution in [0.3, 0.4) is 0 Å². The summed E-state index contributed by atoms with van der Waals surface area (Å²) in [5.41, 5.74) is 1.27. The molecule has 1 unspecified atom stereocenters. The summed E-state index contributed by atoms with van der Waals surface area (Å²) < 4.78 is 5.31. The van der Waals surface area contributed by atoms with E-state index in [9.17, 15) is 4.79 Å². The van der Waals surface area contributed by atoms with Crippen molar-refractivity contribution in [2.75, 3.05) is 6.54 Å². The van der Waals surface area contributed by atoms with E-state index >= 15 is 0 Å². The van der Waals surface area contributed by atoms with Crippen molar-refractivity contribution in [1.29, 1.82) is 0 Å². The summed E-state index contributed by atoms with van der Waals surface area (Å²) in [6, 6.07) is 7.46. The molecule has 0 aliphatic carbocycles. The lowest BCUT2D eigenvalue weighted by Gasteiger charge is -2.07. The van der Waals surface area contributed by atoms with Crippen LogP contribution in [0.15, 0.2) is 34.9 Å². The summed E-state index contributed by atoms with van der Waals surface area (Å²) in [5, 5.41) is 3.59. The molecular weight excluding hydrogens is 238 g/mol. The zero-order chi connectivity index (χ0) is 12.3. The Morgan fingerprint density at radius 2 is 2.24 bits per heavy atom. The average Bonchev–Trinajstić information content (AvgIpc) is 2.79. The van der Waals surface area contributed by atoms with Crippen LogP contribution < -0.4 is 5.32 Å². The summed E-state index contributed by atoms with van der Waals surface area (Å²) >= 11 is 5.95. The number of furan rings is 1. The molecule has 0 saturated carbocycles. The quantitative estimate of drug-likeness (QED) is 0.848. The summed E-state index contributed by atoms with van der Waals surface area (Å²) in [4.78, 5) is 11.9. The highest BCUT2D eigenvalue weighted by molar-refractivity contribution is 6.21. The number of alkyl halides is 1. The van der Waals surface area contributed by atoms with E-state index in [2.05, 4.69) is 5.32 Å². The van der Waals surface area contributed by atoms with E-state index in [1.165, 1.54) is 6.26 Å². The van der Waals surface area contributed by atoms with Crippen molar-refractivity contribution < 1.29 is 9.21 Å². The van der Waals surface area contributed by atoms with Gasteiger partial charge in [-0.3, -0.25) is 4.79 Å². The molecule has 1 atom stereocenters. The van der Waals surface area contributed by atoms with E-state index < -0.39 is 0 Å². The van der Waals surface area contributed by atoms with E-state index in [1.807, 2.05) is 31.2 Å². The minimum atomic E-state index is -0.144. The number of nitrogens with one attached hydrogen (secondary N) is 1. The van der Waals surface area contributed by atoms with Gasteiger partial charge in [-0.05, 0) is 12.5 Å². The number of amides is 1. The number of hydrogen-bond acceptors (Lipinski definition) is 2. The predicted molar refractivity (Wildman–Crippen MR) is 68.5 cm³/mol. The van der Waals surface area contributed by atoms with E-state index in [0.29, 0.717) is 12.1 Å². The van der Waals surface area contributed by atoms with Gasteiger partial charge >= 0.3 is 0 Å². The fourth-order valence-corrected chi connectivity index (χ4v) is 1.67. The first-order chi connectivity index (χ1) is 8.22. The Bertz CT molecular complexity index is 521. The smallest absolute Gasteiger partial charge is 0.255 e. The van der Waals surface area contributed by atoms with E-state index in [1.54, 1.807) is 0 Å². The van der Waals surface area contributed by atoms with Gasteiger partial charge in [0, 0.05) is 11.9 Å². The van der Waals surface area contributed by atoms with Crippen molar-refractivity contribution in [1.82, 2.24) is 5.32 Å². The predicted octanol–water partition coefficient (Wildman–Crippen LogP) is 3.18. The lowest BCUT2D eigenvalue weighted by atomic mass is 10.1. The molecule has 1 amide bonds. The Labute approximate surface area is 105 Å². The van der Waals surface area contributed by atoms with Crippen molar-refractivity contribution in [3.8, 4) is 0 Å². The number of benzene rings is 1. The van der Waals surface area contributed by atoms with Crippen molar-refractivity contribution >= 4 is 28.5 Å². The van der Waals surface area contributed by atoms with Gasteiger partial charge in [0.1, 0.15) is 11.8 Å². The number of carbonyl (C=O) groups is 1. The Hall–Kier alpha value is -1.48. The van der Waals surface area contributed by atoms with Crippen LogP contribution in [-0.4, -0.2) is 17.8 Å². The lowest BCUT2D eigenvalue weighted by Crippen LogP contribution is -2.29. The zero-order valence-electron chi connectivity index (χ0n) is 9.57. The van der Waals surface area contributed by atoms with Crippen LogP contribution in [0.2, 0.25) is 0 Å². The summed E-state index contributed by atoms with van der Waals surface area (Å²) in [6.07, 6.45) is 2.31. The van der Waals surface area contributed by atoms with E-state index in [-0.39, 0.29) is 11.3 Å². The van der Waals surface area contributed by atoms with Gasteiger partial charge in [-0.2, -0.15) is 0 Å². The second-order valence-corrected chi connectivity index (χ2v) is 4.48. The molecule has 4 heteroatoms. The molecule has 1 aromatic heterocycles. The van der Waals surface area contributed by atoms with Crippen molar-refractivity contribution in [3.63, 3.8) is 0 Å². The molecule has 0 aliphatic heterocycles. The van der Waals surface area contributed by atoms with Gasteiger partial charge in [-0.1, -0.05) is 25.1 Å². The van der Waals surface area contributed by atoms with Crippen LogP contribution in [-0.2, 0) is 0 Å². The second-order valence-electron chi connectivity index (χ2n) is 3.86. The lowest BCUT2D eigenvalue weighted by molar-refractivity contribution is 0.0954. The van der Waals surface area contributed by atoms with Crippen molar-refractivity contribution in [3.05, 3.63) is 36.1 Å². The number of hydrogen-bond donors (Lipinski definition) is 1. The molecule has 1 aromatic carbocycles.